The first kappa shape index (κ1) is 14.6. The molecule has 1 aromatic rings. The van der Waals surface area contributed by atoms with Gasteiger partial charge < -0.3 is 20.9 Å². The highest BCUT2D eigenvalue weighted by molar-refractivity contribution is 5.79. The van der Waals surface area contributed by atoms with Crippen molar-refractivity contribution in [3.63, 3.8) is 0 Å². The molecule has 100 valence electrons. The molecule has 4 N–H and O–H groups in total. The van der Waals surface area contributed by atoms with Crippen molar-refractivity contribution in [1.29, 1.82) is 0 Å². The van der Waals surface area contributed by atoms with E-state index in [1.165, 1.54) is 7.11 Å². The lowest BCUT2D eigenvalue weighted by atomic mass is 10.0. The Bertz CT molecular complexity index is 382. The lowest BCUT2D eigenvalue weighted by molar-refractivity contribution is -0.121. The van der Waals surface area contributed by atoms with E-state index in [0.717, 1.165) is 11.1 Å². The number of rotatable bonds is 7. The standard InChI is InChI=1S/C13H20N2O3/c1-18-9-12(8-16)15-13(17)6-10-4-2-3-5-11(10)7-14/h2-5,12,16H,6-9,14H2,1H3,(H,15,17). The first-order valence-electron chi connectivity index (χ1n) is 5.87. The Kier molecular flexibility index (Phi) is 6.35. The Hall–Kier alpha value is -1.43. The van der Waals surface area contributed by atoms with E-state index in [2.05, 4.69) is 5.32 Å². The highest BCUT2D eigenvalue weighted by Gasteiger charge is 2.12. The van der Waals surface area contributed by atoms with Gasteiger partial charge in [0.1, 0.15) is 0 Å². The molecule has 5 nitrogen and oxygen atoms in total. The van der Waals surface area contributed by atoms with Crippen LogP contribution in [-0.4, -0.2) is 37.4 Å². The summed E-state index contributed by atoms with van der Waals surface area (Å²) in [6.07, 6.45) is 0.258. The molecule has 0 aliphatic rings. The van der Waals surface area contributed by atoms with E-state index in [1.54, 1.807) is 0 Å². The molecule has 0 aromatic heterocycles. The Balaban J connectivity index is 2.58. The second-order valence-corrected chi connectivity index (χ2v) is 4.05. The molecule has 0 bridgehead atoms. The molecule has 0 radical (unpaired) electrons. The van der Waals surface area contributed by atoms with Gasteiger partial charge in [-0.25, -0.2) is 0 Å². The Morgan fingerprint density at radius 3 is 2.67 bits per heavy atom. The summed E-state index contributed by atoms with van der Waals surface area (Å²) in [6, 6.07) is 7.19. The van der Waals surface area contributed by atoms with Crippen LogP contribution in [0.2, 0.25) is 0 Å². The van der Waals surface area contributed by atoms with Crippen molar-refractivity contribution in [3.05, 3.63) is 35.4 Å². The van der Waals surface area contributed by atoms with Crippen LogP contribution in [0, 0.1) is 0 Å². The molecule has 18 heavy (non-hydrogen) atoms. The van der Waals surface area contributed by atoms with Crippen LogP contribution in [0.5, 0.6) is 0 Å². The smallest absolute Gasteiger partial charge is 0.224 e. The average molecular weight is 252 g/mol. The summed E-state index contributed by atoms with van der Waals surface area (Å²) >= 11 is 0. The van der Waals surface area contributed by atoms with E-state index in [-0.39, 0.29) is 25.0 Å². The van der Waals surface area contributed by atoms with Crippen molar-refractivity contribution >= 4 is 5.91 Å². The molecule has 0 saturated heterocycles. The molecule has 0 aliphatic carbocycles. The molecule has 1 atom stereocenters. The minimum absolute atomic E-state index is 0.141. The number of hydrogen-bond donors (Lipinski definition) is 3. The van der Waals surface area contributed by atoms with Crippen molar-refractivity contribution in [2.45, 2.75) is 19.0 Å². The monoisotopic (exact) mass is 252 g/mol. The van der Waals surface area contributed by atoms with Crippen LogP contribution in [0.3, 0.4) is 0 Å². The van der Waals surface area contributed by atoms with Crippen LogP contribution in [0.4, 0.5) is 0 Å². The Morgan fingerprint density at radius 2 is 2.11 bits per heavy atom. The number of ether oxygens (including phenoxy) is 1. The maximum absolute atomic E-state index is 11.8. The summed E-state index contributed by atoms with van der Waals surface area (Å²) in [7, 11) is 1.53. The van der Waals surface area contributed by atoms with E-state index in [9.17, 15) is 4.79 Å². The van der Waals surface area contributed by atoms with Gasteiger partial charge in [-0.2, -0.15) is 0 Å². The molecule has 0 heterocycles. The largest absolute Gasteiger partial charge is 0.394 e. The van der Waals surface area contributed by atoms with Gasteiger partial charge in [-0.1, -0.05) is 24.3 Å². The molecule has 1 aromatic carbocycles. The van der Waals surface area contributed by atoms with Crippen molar-refractivity contribution in [2.75, 3.05) is 20.3 Å². The predicted molar refractivity (Wildman–Crippen MR) is 68.9 cm³/mol. The van der Waals surface area contributed by atoms with Gasteiger partial charge in [-0.15, -0.1) is 0 Å². The number of amides is 1. The molecule has 1 unspecified atom stereocenters. The first-order valence-corrected chi connectivity index (χ1v) is 5.87. The van der Waals surface area contributed by atoms with E-state index in [0.29, 0.717) is 13.2 Å². The molecule has 0 saturated carbocycles. The third-order valence-corrected chi connectivity index (χ3v) is 2.64. The number of carbonyl (C=O) groups excluding carboxylic acids is 1. The van der Waals surface area contributed by atoms with Crippen LogP contribution in [0.15, 0.2) is 24.3 Å². The number of carbonyl (C=O) groups is 1. The van der Waals surface area contributed by atoms with Gasteiger partial charge in [0.25, 0.3) is 0 Å². The molecule has 5 heteroatoms. The minimum Gasteiger partial charge on any atom is -0.394 e. The van der Waals surface area contributed by atoms with Gasteiger partial charge in [0, 0.05) is 13.7 Å². The fourth-order valence-electron chi connectivity index (χ4n) is 1.72. The number of methoxy groups -OCH3 is 1. The first-order chi connectivity index (χ1) is 8.71. The zero-order chi connectivity index (χ0) is 13.4. The number of aliphatic hydroxyl groups excluding tert-OH is 1. The van der Waals surface area contributed by atoms with E-state index in [4.69, 9.17) is 15.6 Å². The molecule has 0 fully saturated rings. The zero-order valence-electron chi connectivity index (χ0n) is 10.6. The van der Waals surface area contributed by atoms with Crippen LogP contribution in [0.1, 0.15) is 11.1 Å². The van der Waals surface area contributed by atoms with Gasteiger partial charge >= 0.3 is 0 Å². The fourth-order valence-corrected chi connectivity index (χ4v) is 1.72. The normalized spacial score (nSPS) is 12.2. The molecule has 1 amide bonds. The van der Waals surface area contributed by atoms with Gasteiger partial charge in [-0.3, -0.25) is 4.79 Å². The van der Waals surface area contributed by atoms with Crippen LogP contribution in [-0.2, 0) is 22.5 Å². The van der Waals surface area contributed by atoms with Gasteiger partial charge in [0.2, 0.25) is 5.91 Å². The van der Waals surface area contributed by atoms with Crippen LogP contribution < -0.4 is 11.1 Å². The van der Waals surface area contributed by atoms with Crippen LogP contribution >= 0.6 is 0 Å². The topological polar surface area (TPSA) is 84.6 Å². The molecule has 1 rings (SSSR count). The number of aliphatic hydroxyl groups is 1. The quantitative estimate of drug-likeness (QED) is 0.628. The Labute approximate surface area is 107 Å². The fraction of sp³-hybridized carbons (Fsp3) is 0.462. The lowest BCUT2D eigenvalue weighted by Crippen LogP contribution is -2.41. The average Bonchev–Trinajstić information content (AvgIpc) is 2.38. The third-order valence-electron chi connectivity index (χ3n) is 2.64. The summed E-state index contributed by atoms with van der Waals surface area (Å²) in [5.41, 5.74) is 7.48. The molecule has 0 aliphatic heterocycles. The third kappa shape index (κ3) is 4.44. The minimum atomic E-state index is -0.368. The predicted octanol–water partition coefficient (Wildman–Crippen LogP) is -0.189. The molecular formula is C13H20N2O3. The number of nitrogens with one attached hydrogen (secondary N) is 1. The van der Waals surface area contributed by atoms with E-state index >= 15 is 0 Å². The van der Waals surface area contributed by atoms with Crippen LogP contribution in [0.25, 0.3) is 0 Å². The lowest BCUT2D eigenvalue weighted by Gasteiger charge is -2.15. The Morgan fingerprint density at radius 1 is 1.44 bits per heavy atom. The number of nitrogens with two attached hydrogens (primary N) is 1. The maximum Gasteiger partial charge on any atom is 0.224 e. The highest BCUT2D eigenvalue weighted by Crippen LogP contribution is 2.08. The summed E-state index contributed by atoms with van der Waals surface area (Å²) in [5.74, 6) is -0.146. The van der Waals surface area contributed by atoms with E-state index < -0.39 is 0 Å². The maximum atomic E-state index is 11.8. The van der Waals surface area contributed by atoms with Crippen molar-refractivity contribution in [2.24, 2.45) is 5.73 Å². The highest BCUT2D eigenvalue weighted by atomic mass is 16.5. The second kappa shape index (κ2) is 7.81. The SMILES string of the molecule is COCC(CO)NC(=O)Cc1ccccc1CN. The summed E-state index contributed by atoms with van der Waals surface area (Å²) in [5, 5.41) is 11.8. The van der Waals surface area contributed by atoms with Crippen molar-refractivity contribution in [1.82, 2.24) is 5.32 Å². The van der Waals surface area contributed by atoms with Crippen molar-refractivity contribution < 1.29 is 14.6 Å². The number of benzene rings is 1. The van der Waals surface area contributed by atoms with Crippen molar-refractivity contribution in [3.8, 4) is 0 Å². The molecule has 0 spiro atoms. The zero-order valence-corrected chi connectivity index (χ0v) is 10.6. The van der Waals surface area contributed by atoms with Gasteiger partial charge in [-0.05, 0) is 11.1 Å². The second-order valence-electron chi connectivity index (χ2n) is 4.05. The summed E-state index contributed by atoms with van der Waals surface area (Å²) < 4.78 is 4.90. The summed E-state index contributed by atoms with van der Waals surface area (Å²) in [4.78, 5) is 11.8. The van der Waals surface area contributed by atoms with Gasteiger partial charge in [0.05, 0.1) is 25.7 Å². The molecular weight excluding hydrogens is 232 g/mol. The van der Waals surface area contributed by atoms with E-state index in [1.807, 2.05) is 24.3 Å². The van der Waals surface area contributed by atoms with Gasteiger partial charge in [0.15, 0.2) is 0 Å². The summed E-state index contributed by atoms with van der Waals surface area (Å²) in [6.45, 7) is 0.559. The number of hydrogen-bond acceptors (Lipinski definition) is 4.